The van der Waals surface area contributed by atoms with Gasteiger partial charge in [0.2, 0.25) is 5.91 Å². The normalized spacial score (nSPS) is 24.7. The molecule has 1 amide bonds. The number of carbonyl (C=O) groups excluding carboxylic acids is 1. The lowest BCUT2D eigenvalue weighted by Gasteiger charge is -2.31. The summed E-state index contributed by atoms with van der Waals surface area (Å²) in [5, 5.41) is 0. The zero-order valence-electron chi connectivity index (χ0n) is 37.3. The van der Waals surface area contributed by atoms with Crippen LogP contribution in [0.25, 0.3) is 0 Å². The molecular weight excluding hydrogens is 825 g/mol. The van der Waals surface area contributed by atoms with Crippen LogP contribution in [0.3, 0.4) is 0 Å². The Hall–Kier alpha value is -3.26. The van der Waals surface area contributed by atoms with Gasteiger partial charge in [-0.2, -0.15) is 9.97 Å². The third-order valence-corrected chi connectivity index (χ3v) is 12.7. The summed E-state index contributed by atoms with van der Waals surface area (Å²) in [7, 11) is -0.773. The monoisotopic (exact) mass is 897 g/mol. The number of rotatable bonds is 30. The lowest BCUT2D eigenvalue weighted by atomic mass is 9.93. The van der Waals surface area contributed by atoms with Crippen LogP contribution in [-0.2, 0) is 42.1 Å². The van der Waals surface area contributed by atoms with E-state index in [4.69, 9.17) is 44.2 Å². The van der Waals surface area contributed by atoms with E-state index in [0.29, 0.717) is 19.6 Å². The number of phosphoric ester groups is 1. The summed E-state index contributed by atoms with van der Waals surface area (Å²) in [6.07, 6.45) is 13.6. The quantitative estimate of drug-likeness (QED) is 0.0660. The number of hydrogen-bond acceptors (Lipinski definition) is 15. The van der Waals surface area contributed by atoms with Gasteiger partial charge in [0.25, 0.3) is 0 Å². The number of hydrogen-bond donors (Lipinski definition) is 3. The number of unbranched alkanes of at least 4 members (excludes halogenated alkanes) is 14. The molecule has 19 nitrogen and oxygen atoms in total. The molecule has 9 atom stereocenters. The molecule has 0 bridgehead atoms. The van der Waals surface area contributed by atoms with E-state index in [9.17, 15) is 23.8 Å². The Labute approximate surface area is 365 Å². The first-order valence-corrected chi connectivity index (χ1v) is 23.9. The zero-order chi connectivity index (χ0) is 45.1. The van der Waals surface area contributed by atoms with Crippen molar-refractivity contribution in [3.63, 3.8) is 0 Å². The van der Waals surface area contributed by atoms with E-state index in [1.807, 2.05) is 6.92 Å². The molecule has 2 saturated heterocycles. The molecule has 2 aliphatic heterocycles. The number of nitrogen functional groups attached to an aromatic ring is 2. The van der Waals surface area contributed by atoms with Crippen LogP contribution in [0.5, 0.6) is 0 Å². The van der Waals surface area contributed by atoms with Crippen LogP contribution < -0.4 is 22.8 Å². The number of phosphoric acid groups is 1. The highest BCUT2D eigenvalue weighted by Gasteiger charge is 2.52. The van der Waals surface area contributed by atoms with Crippen LogP contribution in [0.15, 0.2) is 34.1 Å². The predicted molar refractivity (Wildman–Crippen MR) is 233 cm³/mol. The van der Waals surface area contributed by atoms with Gasteiger partial charge in [0.15, 0.2) is 12.5 Å². The number of methoxy groups -OCH3 is 2. The second-order valence-electron chi connectivity index (χ2n) is 16.2. The highest BCUT2D eigenvalue weighted by atomic mass is 31.2. The van der Waals surface area contributed by atoms with E-state index in [-0.39, 0.29) is 37.1 Å². The molecule has 352 valence electrons. The van der Waals surface area contributed by atoms with E-state index in [2.05, 4.69) is 16.9 Å². The summed E-state index contributed by atoms with van der Waals surface area (Å²) in [6, 6.07) is 2.89. The lowest BCUT2D eigenvalue weighted by Crippen LogP contribution is -2.46. The van der Waals surface area contributed by atoms with Crippen LogP contribution in [0.2, 0.25) is 0 Å². The number of ether oxygens (including phenoxy) is 5. The molecule has 2 aromatic rings. The average Bonchev–Trinajstić information content (AvgIpc) is 3.76. The van der Waals surface area contributed by atoms with Gasteiger partial charge in [0.05, 0.1) is 12.7 Å². The van der Waals surface area contributed by atoms with E-state index in [1.165, 1.54) is 108 Å². The minimum Gasteiger partial charge on any atom is -0.383 e. The molecular formula is C42H72N7O12P. The number of amides is 1. The van der Waals surface area contributed by atoms with Gasteiger partial charge in [-0.1, -0.05) is 96.8 Å². The van der Waals surface area contributed by atoms with Gasteiger partial charge < -0.3 is 44.9 Å². The Kier molecular flexibility index (Phi) is 22.0. The van der Waals surface area contributed by atoms with Crippen molar-refractivity contribution in [1.29, 1.82) is 0 Å². The smallest absolute Gasteiger partial charge is 0.383 e. The maximum Gasteiger partial charge on any atom is 0.472 e. The summed E-state index contributed by atoms with van der Waals surface area (Å²) in [4.78, 5) is 60.4. The van der Waals surface area contributed by atoms with Crippen LogP contribution in [0.1, 0.15) is 129 Å². The lowest BCUT2D eigenvalue weighted by molar-refractivity contribution is -0.137. The van der Waals surface area contributed by atoms with Crippen LogP contribution in [0.4, 0.5) is 11.6 Å². The fourth-order valence-electron chi connectivity index (χ4n) is 8.37. The first-order chi connectivity index (χ1) is 29.9. The van der Waals surface area contributed by atoms with E-state index < -0.39 is 68.1 Å². The molecule has 0 aromatic carbocycles. The third-order valence-electron chi connectivity index (χ3n) is 11.7. The SMILES string of the molecule is CCCCCCCCCCCCCCCCCN(C[C@H]1O[C@@H](n2ccc(N)nc2=O)C(OC)C1OP(=O)(O)OC)C(=O)CC1C(OC)[C@H](n2ccc(N)nc2=O)O[C@@H]1COCC. The molecule has 2 aromatic heterocycles. The van der Waals surface area contributed by atoms with E-state index >= 15 is 0 Å². The van der Waals surface area contributed by atoms with Gasteiger partial charge >= 0.3 is 19.2 Å². The first kappa shape index (κ1) is 51.4. The molecule has 0 radical (unpaired) electrons. The predicted octanol–water partition coefficient (Wildman–Crippen LogP) is 5.36. The zero-order valence-corrected chi connectivity index (χ0v) is 38.2. The summed E-state index contributed by atoms with van der Waals surface area (Å²) < 4.78 is 56.0. The summed E-state index contributed by atoms with van der Waals surface area (Å²) in [6.45, 7) is 4.83. The number of anilines is 2. The molecule has 62 heavy (non-hydrogen) atoms. The van der Waals surface area contributed by atoms with Gasteiger partial charge in [0, 0.05) is 65.8 Å². The largest absolute Gasteiger partial charge is 0.472 e. The van der Waals surface area contributed by atoms with Crippen molar-refractivity contribution in [2.45, 2.75) is 160 Å². The summed E-state index contributed by atoms with van der Waals surface area (Å²) in [5.41, 5.74) is 10.1. The minimum atomic E-state index is -4.64. The molecule has 2 fully saturated rings. The van der Waals surface area contributed by atoms with Crippen molar-refractivity contribution < 1.29 is 47.0 Å². The number of aromatic nitrogens is 4. The first-order valence-electron chi connectivity index (χ1n) is 22.4. The van der Waals surface area contributed by atoms with Crippen LogP contribution in [0, 0.1) is 5.92 Å². The van der Waals surface area contributed by atoms with Gasteiger partial charge in [-0.3, -0.25) is 23.0 Å². The molecule has 5 N–H and O–H groups in total. The fourth-order valence-corrected chi connectivity index (χ4v) is 9.02. The van der Waals surface area contributed by atoms with Gasteiger partial charge in [0.1, 0.15) is 36.1 Å². The topological polar surface area (TPSA) is 244 Å². The van der Waals surface area contributed by atoms with Crippen LogP contribution in [-0.4, -0.2) is 113 Å². The molecule has 4 heterocycles. The Bertz CT molecular complexity index is 1800. The van der Waals surface area contributed by atoms with Gasteiger partial charge in [-0.25, -0.2) is 14.2 Å². The molecule has 0 aliphatic carbocycles. The van der Waals surface area contributed by atoms with Crippen molar-refractivity contribution in [2.75, 3.05) is 59.1 Å². The van der Waals surface area contributed by atoms with Crippen molar-refractivity contribution in [3.8, 4) is 0 Å². The standard InChI is InChI=1S/C42H72N7O12P/c1-6-8-9-10-11-12-13-14-15-16-17-18-19-20-21-24-47(28-31-37(61-62(53,54)57-5)38(56-4)40(59-31)49-26-23-34(44)46-42(49)52)35(50)27-30-32(29-58-7-2)60-39(36(30)55-3)48-25-22-33(43)45-41(48)51/h22-23,25-26,30-32,36-40H,6-21,24,27-29H2,1-5H3,(H,53,54)(H2,43,45,51)(H2,44,46,52)/t30?,31-,32-,36?,37?,38?,39-,40-/m1/s1. The fraction of sp³-hybridized carbons (Fsp3) is 0.786. The maximum absolute atomic E-state index is 14.7. The van der Waals surface area contributed by atoms with E-state index in [0.717, 1.165) is 37.4 Å². The molecule has 5 unspecified atom stereocenters. The number of carbonyl (C=O) groups is 1. The summed E-state index contributed by atoms with van der Waals surface area (Å²) in [5.74, 6) is -0.811. The number of nitrogens with two attached hydrogens (primary N) is 2. The van der Waals surface area contributed by atoms with Crippen molar-refractivity contribution in [3.05, 3.63) is 45.5 Å². The molecule has 0 spiro atoms. The highest BCUT2D eigenvalue weighted by molar-refractivity contribution is 7.47. The Morgan fingerprint density at radius 2 is 1.24 bits per heavy atom. The molecule has 20 heteroatoms. The Morgan fingerprint density at radius 1 is 0.758 bits per heavy atom. The third kappa shape index (κ3) is 15.2. The average molecular weight is 898 g/mol. The minimum absolute atomic E-state index is 0.00487. The second-order valence-corrected chi connectivity index (χ2v) is 17.7. The second kappa shape index (κ2) is 26.5. The Balaban J connectivity index is 1.51. The Morgan fingerprint density at radius 3 is 1.71 bits per heavy atom. The van der Waals surface area contributed by atoms with Gasteiger partial charge in [-0.15, -0.1) is 0 Å². The van der Waals surface area contributed by atoms with E-state index in [1.54, 1.807) is 4.90 Å². The molecule has 4 rings (SSSR count). The number of nitrogens with zero attached hydrogens (tertiary/aromatic N) is 5. The van der Waals surface area contributed by atoms with Gasteiger partial charge in [-0.05, 0) is 25.5 Å². The van der Waals surface area contributed by atoms with Crippen molar-refractivity contribution in [1.82, 2.24) is 24.0 Å². The molecule has 2 aliphatic rings. The molecule has 0 saturated carbocycles. The van der Waals surface area contributed by atoms with Crippen molar-refractivity contribution in [2.24, 2.45) is 5.92 Å². The maximum atomic E-state index is 14.7. The van der Waals surface area contributed by atoms with Crippen molar-refractivity contribution >= 4 is 25.4 Å². The highest BCUT2D eigenvalue weighted by Crippen LogP contribution is 2.48. The van der Waals surface area contributed by atoms with Crippen LogP contribution >= 0.6 is 7.82 Å². The summed E-state index contributed by atoms with van der Waals surface area (Å²) >= 11 is 0.